The van der Waals surface area contributed by atoms with Crippen LogP contribution in [-0.2, 0) is 14.8 Å². The van der Waals surface area contributed by atoms with Crippen LogP contribution in [0.5, 0.6) is 0 Å². The van der Waals surface area contributed by atoms with Crippen molar-refractivity contribution in [3.63, 3.8) is 0 Å². The van der Waals surface area contributed by atoms with Crippen LogP contribution in [-0.4, -0.2) is 20.4 Å². The fourth-order valence-electron chi connectivity index (χ4n) is 0.140. The molecule has 4 N–H and O–H groups in total. The number of sulfonamides is 1. The topological polar surface area (TPSA) is 112 Å². The summed E-state index contributed by atoms with van der Waals surface area (Å²) in [4.78, 5) is 9.73. The zero-order valence-electron chi connectivity index (χ0n) is 4.40. The summed E-state index contributed by atoms with van der Waals surface area (Å²) in [7, 11) is -3.74. The second kappa shape index (κ2) is 2.65. The number of amides is 1. The van der Waals surface area contributed by atoms with E-state index in [1.165, 1.54) is 0 Å². The van der Waals surface area contributed by atoms with Crippen LogP contribution >= 0.6 is 0 Å². The standard InChI is InChI=1S/C2H6N2O4S/c3-2(5)8-1-9(4,6)7/h1H2,(H2,3,5)(H2,4,6,7). The number of primary sulfonamides is 1. The average molecular weight is 154 g/mol. The predicted molar refractivity (Wildman–Crippen MR) is 28.6 cm³/mol. The molecule has 0 radical (unpaired) electrons. The fraction of sp³-hybridized carbons (Fsp3) is 0.500. The zero-order chi connectivity index (χ0) is 7.49. The molecule has 0 saturated heterocycles. The van der Waals surface area contributed by atoms with Crippen LogP contribution in [0.1, 0.15) is 0 Å². The van der Waals surface area contributed by atoms with Crippen molar-refractivity contribution in [2.45, 2.75) is 0 Å². The van der Waals surface area contributed by atoms with Gasteiger partial charge in [-0.1, -0.05) is 0 Å². The molecule has 0 aliphatic rings. The minimum atomic E-state index is -3.74. The molecule has 7 heteroatoms. The van der Waals surface area contributed by atoms with E-state index in [9.17, 15) is 13.2 Å². The van der Waals surface area contributed by atoms with Crippen molar-refractivity contribution < 1.29 is 17.9 Å². The van der Waals surface area contributed by atoms with Gasteiger partial charge in [0, 0.05) is 0 Å². The van der Waals surface area contributed by atoms with E-state index < -0.39 is 22.1 Å². The Hall–Kier alpha value is -0.820. The molecule has 0 aliphatic carbocycles. The summed E-state index contributed by atoms with van der Waals surface area (Å²) in [5, 5.41) is 4.42. The Kier molecular flexibility index (Phi) is 2.41. The maximum atomic E-state index is 9.98. The first kappa shape index (κ1) is 8.18. The van der Waals surface area contributed by atoms with E-state index in [-0.39, 0.29) is 0 Å². The highest BCUT2D eigenvalue weighted by atomic mass is 32.2. The Morgan fingerprint density at radius 1 is 1.56 bits per heavy atom. The van der Waals surface area contributed by atoms with Crippen LogP contribution in [0.3, 0.4) is 0 Å². The first-order valence-electron chi connectivity index (χ1n) is 1.84. The molecule has 6 nitrogen and oxygen atoms in total. The van der Waals surface area contributed by atoms with Crippen LogP contribution in [0.25, 0.3) is 0 Å². The van der Waals surface area contributed by atoms with Gasteiger partial charge in [-0.15, -0.1) is 0 Å². The van der Waals surface area contributed by atoms with Crippen LogP contribution < -0.4 is 10.9 Å². The summed E-state index contributed by atoms with van der Waals surface area (Å²) in [6.45, 7) is 0. The SMILES string of the molecule is NC(=O)OCS(N)(=O)=O. The van der Waals surface area contributed by atoms with E-state index in [0.717, 1.165) is 0 Å². The summed E-state index contributed by atoms with van der Waals surface area (Å²) in [6, 6.07) is 0. The van der Waals surface area contributed by atoms with Gasteiger partial charge in [0.15, 0.2) is 0 Å². The number of hydrogen-bond acceptors (Lipinski definition) is 4. The molecule has 0 fully saturated rings. The third-order valence-electron chi connectivity index (χ3n) is 0.365. The highest BCUT2D eigenvalue weighted by Crippen LogP contribution is 1.78. The number of carbonyl (C=O) groups is 1. The molecule has 0 bridgehead atoms. The van der Waals surface area contributed by atoms with Gasteiger partial charge in [-0.05, 0) is 0 Å². The Morgan fingerprint density at radius 3 is 2.11 bits per heavy atom. The predicted octanol–water partition coefficient (Wildman–Crippen LogP) is -1.67. The van der Waals surface area contributed by atoms with Crippen molar-refractivity contribution in [1.82, 2.24) is 0 Å². The van der Waals surface area contributed by atoms with Crippen molar-refractivity contribution in [2.75, 3.05) is 5.94 Å². The minimum Gasteiger partial charge on any atom is -0.432 e. The molecular formula is C2H6N2O4S. The van der Waals surface area contributed by atoms with Crippen LogP contribution in [0.2, 0.25) is 0 Å². The lowest BCUT2D eigenvalue weighted by molar-refractivity contribution is 0.174. The van der Waals surface area contributed by atoms with Gasteiger partial charge >= 0.3 is 6.09 Å². The van der Waals surface area contributed by atoms with Gasteiger partial charge in [-0.25, -0.2) is 18.4 Å². The van der Waals surface area contributed by atoms with E-state index in [0.29, 0.717) is 0 Å². The van der Waals surface area contributed by atoms with Gasteiger partial charge in [-0.2, -0.15) is 0 Å². The monoisotopic (exact) mass is 154 g/mol. The van der Waals surface area contributed by atoms with Crippen LogP contribution in [0.15, 0.2) is 0 Å². The average Bonchev–Trinajstić information content (AvgIpc) is 1.59. The van der Waals surface area contributed by atoms with E-state index in [2.05, 4.69) is 15.6 Å². The lowest BCUT2D eigenvalue weighted by Crippen LogP contribution is -2.23. The summed E-state index contributed by atoms with van der Waals surface area (Å²) < 4.78 is 23.8. The first-order valence-corrected chi connectivity index (χ1v) is 3.56. The highest BCUT2D eigenvalue weighted by Gasteiger charge is 2.03. The molecule has 0 unspecified atom stereocenters. The normalized spacial score (nSPS) is 10.8. The van der Waals surface area contributed by atoms with Crippen molar-refractivity contribution >= 4 is 16.1 Å². The number of nitrogens with two attached hydrogens (primary N) is 2. The summed E-state index contributed by atoms with van der Waals surface area (Å²) in [6.07, 6.45) is -1.16. The van der Waals surface area contributed by atoms with E-state index >= 15 is 0 Å². The third kappa shape index (κ3) is 7.18. The van der Waals surface area contributed by atoms with Gasteiger partial charge in [0.1, 0.15) is 0 Å². The molecule has 9 heavy (non-hydrogen) atoms. The Labute approximate surface area is 51.8 Å². The van der Waals surface area contributed by atoms with E-state index in [1.807, 2.05) is 0 Å². The van der Waals surface area contributed by atoms with Crippen molar-refractivity contribution in [3.8, 4) is 0 Å². The summed E-state index contributed by atoms with van der Waals surface area (Å²) in [5.41, 5.74) is 4.42. The van der Waals surface area contributed by atoms with Gasteiger partial charge in [0.25, 0.3) is 0 Å². The number of ether oxygens (including phenoxy) is 1. The Balaban J connectivity index is 3.67. The number of rotatable bonds is 2. The third-order valence-corrected chi connectivity index (χ3v) is 0.812. The molecule has 0 heterocycles. The molecule has 0 atom stereocenters. The number of hydrogen-bond donors (Lipinski definition) is 2. The molecule has 0 aromatic heterocycles. The second-order valence-corrected chi connectivity index (χ2v) is 2.81. The smallest absolute Gasteiger partial charge is 0.405 e. The second-order valence-electron chi connectivity index (χ2n) is 1.24. The van der Waals surface area contributed by atoms with Crippen molar-refractivity contribution in [3.05, 3.63) is 0 Å². The molecule has 0 aromatic carbocycles. The molecule has 0 saturated carbocycles. The zero-order valence-corrected chi connectivity index (χ0v) is 5.22. The van der Waals surface area contributed by atoms with Gasteiger partial charge in [0.05, 0.1) is 0 Å². The summed E-state index contributed by atoms with van der Waals surface area (Å²) >= 11 is 0. The highest BCUT2D eigenvalue weighted by molar-refractivity contribution is 7.88. The first-order chi connectivity index (χ1) is 3.92. The van der Waals surface area contributed by atoms with E-state index in [4.69, 9.17) is 0 Å². The molecule has 0 aromatic rings. The van der Waals surface area contributed by atoms with Crippen molar-refractivity contribution in [2.24, 2.45) is 10.9 Å². The largest absolute Gasteiger partial charge is 0.432 e. The quantitative estimate of drug-likeness (QED) is 0.495. The molecule has 0 rings (SSSR count). The van der Waals surface area contributed by atoms with Crippen LogP contribution in [0, 0.1) is 0 Å². The molecular weight excluding hydrogens is 148 g/mol. The number of primary amides is 1. The lowest BCUT2D eigenvalue weighted by atomic mass is 11.2. The molecule has 0 spiro atoms. The fourth-order valence-corrected chi connectivity index (χ4v) is 0.421. The van der Waals surface area contributed by atoms with Crippen molar-refractivity contribution in [1.29, 1.82) is 0 Å². The van der Waals surface area contributed by atoms with Gasteiger partial charge < -0.3 is 10.5 Å². The molecule has 54 valence electrons. The molecule has 1 amide bonds. The maximum absolute atomic E-state index is 9.98. The number of carbonyl (C=O) groups excluding carboxylic acids is 1. The lowest BCUT2D eigenvalue weighted by Gasteiger charge is -1.95. The van der Waals surface area contributed by atoms with Gasteiger partial charge in [0.2, 0.25) is 16.0 Å². The van der Waals surface area contributed by atoms with Crippen LogP contribution in [0.4, 0.5) is 4.79 Å². The Morgan fingerprint density at radius 2 is 2.00 bits per heavy atom. The minimum absolute atomic E-state index is 0.873. The van der Waals surface area contributed by atoms with Gasteiger partial charge in [-0.3, -0.25) is 0 Å². The molecule has 0 aliphatic heterocycles. The Bertz CT molecular complexity index is 195. The van der Waals surface area contributed by atoms with E-state index in [1.54, 1.807) is 0 Å². The summed E-state index contributed by atoms with van der Waals surface area (Å²) in [5.74, 6) is -0.873. The maximum Gasteiger partial charge on any atom is 0.405 e.